The number of hydrogen-bond donors (Lipinski definition) is 1. The molecule has 0 aliphatic carbocycles. The number of pyridine rings is 1. The fourth-order valence-corrected chi connectivity index (χ4v) is 3.63. The maximum Gasteiger partial charge on any atom is 0.194 e. The van der Waals surface area contributed by atoms with Crippen LogP contribution in [0.2, 0.25) is 0 Å². The zero-order valence-electron chi connectivity index (χ0n) is 19.7. The molecule has 0 aliphatic heterocycles. The molecule has 3 heterocycles. The summed E-state index contributed by atoms with van der Waals surface area (Å²) in [6.07, 6.45) is 3.97. The van der Waals surface area contributed by atoms with Crippen LogP contribution in [0, 0.1) is 13.8 Å². The highest BCUT2D eigenvalue weighted by molar-refractivity contribution is 5.79. The van der Waals surface area contributed by atoms with E-state index in [2.05, 4.69) is 65.5 Å². The molecule has 0 radical (unpaired) electrons. The predicted molar refractivity (Wildman–Crippen MR) is 124 cm³/mol. The zero-order chi connectivity index (χ0) is 22.5. The topological polar surface area (TPSA) is 76.2 Å². The average molecular weight is 423 g/mol. The minimum Gasteiger partial charge on any atom is -0.357 e. The van der Waals surface area contributed by atoms with E-state index >= 15 is 0 Å². The maximum atomic E-state index is 4.83. The molecular formula is C23H34N8. The van der Waals surface area contributed by atoms with Crippen LogP contribution in [-0.2, 0) is 20.1 Å². The Balaban J connectivity index is 1.72. The lowest BCUT2D eigenvalue weighted by Gasteiger charge is -2.22. The summed E-state index contributed by atoms with van der Waals surface area (Å²) < 4.78 is 3.75. The van der Waals surface area contributed by atoms with Crippen molar-refractivity contribution in [3.05, 3.63) is 58.8 Å². The van der Waals surface area contributed by atoms with Crippen LogP contribution < -0.4 is 5.32 Å². The van der Waals surface area contributed by atoms with Gasteiger partial charge in [-0.15, -0.1) is 0 Å². The second-order valence-electron chi connectivity index (χ2n) is 8.26. The zero-order valence-corrected chi connectivity index (χ0v) is 19.7. The van der Waals surface area contributed by atoms with Crippen LogP contribution in [0.25, 0.3) is 5.82 Å². The van der Waals surface area contributed by atoms with Crippen molar-refractivity contribution in [3.63, 3.8) is 0 Å². The quantitative estimate of drug-likeness (QED) is 0.467. The molecule has 8 nitrogen and oxygen atoms in total. The van der Waals surface area contributed by atoms with Crippen LogP contribution in [0.1, 0.15) is 54.9 Å². The molecule has 3 rings (SSSR count). The van der Waals surface area contributed by atoms with E-state index in [-0.39, 0.29) is 0 Å². The summed E-state index contributed by atoms with van der Waals surface area (Å²) in [4.78, 5) is 11.5. The highest BCUT2D eigenvalue weighted by Crippen LogP contribution is 2.18. The summed E-state index contributed by atoms with van der Waals surface area (Å²) in [5, 5.41) is 12.5. The van der Waals surface area contributed by atoms with E-state index in [1.807, 2.05) is 48.6 Å². The van der Waals surface area contributed by atoms with E-state index in [1.165, 1.54) is 5.56 Å². The Kier molecular flexibility index (Phi) is 7.09. The number of nitrogens with zero attached hydrogens (tertiary/aromatic N) is 7. The van der Waals surface area contributed by atoms with Crippen LogP contribution in [0.4, 0.5) is 0 Å². The summed E-state index contributed by atoms with van der Waals surface area (Å²) in [6, 6.07) is 6.10. The van der Waals surface area contributed by atoms with Gasteiger partial charge in [0.2, 0.25) is 0 Å². The molecule has 166 valence electrons. The predicted octanol–water partition coefficient (Wildman–Crippen LogP) is 3.34. The van der Waals surface area contributed by atoms with Gasteiger partial charge in [0.1, 0.15) is 0 Å². The van der Waals surface area contributed by atoms with Crippen LogP contribution in [0.5, 0.6) is 0 Å². The van der Waals surface area contributed by atoms with Gasteiger partial charge in [-0.1, -0.05) is 19.9 Å². The maximum absolute atomic E-state index is 4.83. The fourth-order valence-electron chi connectivity index (χ4n) is 3.63. The second-order valence-corrected chi connectivity index (χ2v) is 8.26. The van der Waals surface area contributed by atoms with Gasteiger partial charge in [0.05, 0.1) is 17.9 Å². The largest absolute Gasteiger partial charge is 0.357 e. The number of aryl methyl sites for hydroxylation is 3. The van der Waals surface area contributed by atoms with Gasteiger partial charge in [-0.3, -0.25) is 4.68 Å². The molecule has 0 saturated carbocycles. The lowest BCUT2D eigenvalue weighted by Crippen LogP contribution is -2.38. The highest BCUT2D eigenvalue weighted by Gasteiger charge is 2.15. The lowest BCUT2D eigenvalue weighted by molar-refractivity contribution is 0.473. The highest BCUT2D eigenvalue weighted by atomic mass is 15.3. The monoisotopic (exact) mass is 422 g/mol. The third-order valence-electron chi connectivity index (χ3n) is 5.04. The van der Waals surface area contributed by atoms with E-state index in [9.17, 15) is 0 Å². The first kappa shape index (κ1) is 22.5. The lowest BCUT2D eigenvalue weighted by atomic mass is 10.1. The Morgan fingerprint density at radius 2 is 2.00 bits per heavy atom. The van der Waals surface area contributed by atoms with Crippen molar-refractivity contribution in [2.45, 2.75) is 53.6 Å². The van der Waals surface area contributed by atoms with Crippen LogP contribution in [0.15, 0.2) is 35.6 Å². The second kappa shape index (κ2) is 9.76. The van der Waals surface area contributed by atoms with Gasteiger partial charge in [0, 0.05) is 50.8 Å². The van der Waals surface area contributed by atoms with Crippen LogP contribution >= 0.6 is 0 Å². The molecular weight excluding hydrogens is 388 g/mol. The Bertz CT molecular complexity index is 1030. The van der Waals surface area contributed by atoms with Crippen molar-refractivity contribution in [2.24, 2.45) is 12.0 Å². The SMILES string of the molecule is CCNC(=NCc1ccc(-n2nc(C)cc2C)nc1)N(C)Cc1cn(C)nc1C(C)C. The molecule has 0 spiro atoms. The molecule has 0 aliphatic rings. The van der Waals surface area contributed by atoms with E-state index in [0.29, 0.717) is 12.5 Å². The molecule has 0 amide bonds. The van der Waals surface area contributed by atoms with Gasteiger partial charge in [-0.2, -0.15) is 10.2 Å². The molecule has 0 fully saturated rings. The third-order valence-corrected chi connectivity index (χ3v) is 5.04. The van der Waals surface area contributed by atoms with Crippen LogP contribution in [0.3, 0.4) is 0 Å². The van der Waals surface area contributed by atoms with Gasteiger partial charge in [0.15, 0.2) is 11.8 Å². The molecule has 1 N–H and O–H groups in total. The van der Waals surface area contributed by atoms with Crippen LogP contribution in [-0.4, -0.2) is 49.0 Å². The molecule has 8 heteroatoms. The van der Waals surface area contributed by atoms with Gasteiger partial charge >= 0.3 is 0 Å². The average Bonchev–Trinajstić information content (AvgIpc) is 3.26. The third kappa shape index (κ3) is 5.51. The first-order chi connectivity index (χ1) is 14.8. The fraction of sp³-hybridized carbons (Fsp3) is 0.478. The van der Waals surface area contributed by atoms with Gasteiger partial charge in [-0.25, -0.2) is 14.7 Å². The first-order valence-corrected chi connectivity index (χ1v) is 10.8. The Labute approximate surface area is 185 Å². The molecule has 0 bridgehead atoms. The van der Waals surface area contributed by atoms with Crippen molar-refractivity contribution in [1.82, 2.24) is 34.8 Å². The molecule has 31 heavy (non-hydrogen) atoms. The standard InChI is InChI=1S/C23H34N8/c1-8-24-23(29(6)14-20-15-30(7)28-22(20)16(2)3)26-13-19-9-10-21(25-12-19)31-18(5)11-17(4)27-31/h9-12,15-16H,8,13-14H2,1-7H3,(H,24,26). The summed E-state index contributed by atoms with van der Waals surface area (Å²) >= 11 is 0. The Hall–Kier alpha value is -3.16. The van der Waals surface area contributed by atoms with E-state index in [4.69, 9.17) is 4.99 Å². The molecule has 3 aromatic rings. The minimum absolute atomic E-state index is 0.385. The molecule has 0 atom stereocenters. The van der Waals surface area contributed by atoms with Crippen molar-refractivity contribution in [1.29, 1.82) is 0 Å². The van der Waals surface area contributed by atoms with Gasteiger partial charge in [-0.05, 0) is 44.4 Å². The molecule has 0 aromatic carbocycles. The number of aliphatic imine (C=N–C) groups is 1. The van der Waals surface area contributed by atoms with Crippen molar-refractivity contribution >= 4 is 5.96 Å². The summed E-state index contributed by atoms with van der Waals surface area (Å²) in [5.74, 6) is 2.07. The number of rotatable bonds is 7. The van der Waals surface area contributed by atoms with Gasteiger partial charge < -0.3 is 10.2 Å². The Morgan fingerprint density at radius 1 is 1.23 bits per heavy atom. The molecule has 0 unspecified atom stereocenters. The summed E-state index contributed by atoms with van der Waals surface area (Å²) in [7, 11) is 4.03. The summed E-state index contributed by atoms with van der Waals surface area (Å²) in [5.41, 5.74) is 5.47. The molecule has 0 saturated heterocycles. The normalized spacial score (nSPS) is 11.9. The summed E-state index contributed by atoms with van der Waals surface area (Å²) in [6.45, 7) is 12.6. The number of aromatic nitrogens is 5. The van der Waals surface area contributed by atoms with Gasteiger partial charge in [0.25, 0.3) is 0 Å². The van der Waals surface area contributed by atoms with E-state index < -0.39 is 0 Å². The minimum atomic E-state index is 0.385. The molecule has 3 aromatic heterocycles. The Morgan fingerprint density at radius 3 is 2.58 bits per heavy atom. The first-order valence-electron chi connectivity index (χ1n) is 10.8. The smallest absolute Gasteiger partial charge is 0.194 e. The number of hydrogen-bond acceptors (Lipinski definition) is 4. The van der Waals surface area contributed by atoms with E-state index in [1.54, 1.807) is 0 Å². The van der Waals surface area contributed by atoms with Crippen molar-refractivity contribution < 1.29 is 0 Å². The van der Waals surface area contributed by atoms with E-state index in [0.717, 1.165) is 47.5 Å². The van der Waals surface area contributed by atoms with Crippen molar-refractivity contribution in [2.75, 3.05) is 13.6 Å². The number of nitrogens with one attached hydrogen (secondary N) is 1. The van der Waals surface area contributed by atoms with Crippen molar-refractivity contribution in [3.8, 4) is 5.82 Å². The number of guanidine groups is 1.